The Morgan fingerprint density at radius 1 is 1.43 bits per heavy atom. The molecule has 3 rings (SSSR count). The van der Waals surface area contributed by atoms with Crippen LogP contribution in [0.3, 0.4) is 0 Å². The van der Waals surface area contributed by atoms with E-state index in [9.17, 15) is 10.2 Å². The molecule has 0 unspecified atom stereocenters. The Morgan fingerprint density at radius 3 is 2.96 bits per heavy atom. The van der Waals surface area contributed by atoms with Gasteiger partial charge in [0.15, 0.2) is 17.0 Å². The van der Waals surface area contributed by atoms with E-state index in [2.05, 4.69) is 33.7 Å². The number of hydrogen-bond acceptors (Lipinski definition) is 6. The summed E-state index contributed by atoms with van der Waals surface area (Å²) in [6.45, 7) is 2.15. The molecule has 23 heavy (non-hydrogen) atoms. The van der Waals surface area contributed by atoms with Crippen LogP contribution in [0, 0.1) is 11.8 Å². The van der Waals surface area contributed by atoms with E-state index in [0.717, 1.165) is 19.3 Å². The van der Waals surface area contributed by atoms with Crippen LogP contribution in [0.15, 0.2) is 6.33 Å². The lowest BCUT2D eigenvalue weighted by Crippen LogP contribution is -2.28. The van der Waals surface area contributed by atoms with Gasteiger partial charge >= 0.3 is 0 Å². The van der Waals surface area contributed by atoms with Crippen molar-refractivity contribution in [3.05, 3.63) is 17.3 Å². The number of ether oxygens (including phenoxy) is 1. The van der Waals surface area contributed by atoms with Gasteiger partial charge in [0.25, 0.3) is 0 Å². The molecule has 3 atom stereocenters. The molecule has 2 aromatic rings. The van der Waals surface area contributed by atoms with Crippen LogP contribution in [0.1, 0.15) is 38.2 Å². The van der Waals surface area contributed by atoms with Crippen molar-refractivity contribution in [1.29, 1.82) is 0 Å². The lowest BCUT2D eigenvalue weighted by atomic mass is 10.2. The summed E-state index contributed by atoms with van der Waals surface area (Å²) in [5.41, 5.74) is 0.825. The molecular formula is C15H17ClN4O3. The highest BCUT2D eigenvalue weighted by Gasteiger charge is 2.37. The normalized spacial score (nSPS) is 23.9. The Hall–Kier alpha value is -1.72. The number of nitrogens with zero attached hydrogens (tertiary/aromatic N) is 4. The molecule has 0 aromatic carbocycles. The molecule has 7 nitrogen and oxygen atoms in total. The molecule has 1 aliphatic rings. The third-order valence-electron chi connectivity index (χ3n) is 3.63. The van der Waals surface area contributed by atoms with Crippen molar-refractivity contribution in [1.82, 2.24) is 19.5 Å². The number of unbranched alkanes of at least 4 members (excludes halogenated alkanes) is 2. The number of halogens is 1. The standard InChI is InChI=1S/C15H17ClN4O3/c1-2-3-4-5-6-10-18-13(16)11-14(19-10)20(8-17-11)15-12(22)9(21)7-23-15/h8-9,12,15,21-22H,2-4,7H2,1H3/t9-,12-,15-/m1/s1. The van der Waals surface area contributed by atoms with Gasteiger partial charge in [-0.2, -0.15) is 0 Å². The number of aromatic nitrogens is 4. The molecule has 2 N–H and O–H groups in total. The highest BCUT2D eigenvalue weighted by atomic mass is 35.5. The molecule has 1 aliphatic heterocycles. The maximum atomic E-state index is 10.00. The van der Waals surface area contributed by atoms with Crippen LogP contribution in [-0.2, 0) is 4.74 Å². The van der Waals surface area contributed by atoms with E-state index in [1.165, 1.54) is 6.33 Å². The maximum absolute atomic E-state index is 10.00. The van der Waals surface area contributed by atoms with E-state index in [-0.39, 0.29) is 11.8 Å². The van der Waals surface area contributed by atoms with Gasteiger partial charge in [-0.1, -0.05) is 30.9 Å². The number of imidazole rings is 1. The van der Waals surface area contributed by atoms with Crippen molar-refractivity contribution in [2.75, 3.05) is 6.61 Å². The van der Waals surface area contributed by atoms with Crippen LogP contribution in [0.2, 0.25) is 5.15 Å². The molecule has 2 aromatic heterocycles. The zero-order chi connectivity index (χ0) is 16.4. The van der Waals surface area contributed by atoms with E-state index in [1.54, 1.807) is 4.57 Å². The Balaban J connectivity index is 1.97. The second-order valence-corrected chi connectivity index (χ2v) is 5.71. The van der Waals surface area contributed by atoms with Crippen LogP contribution in [0.5, 0.6) is 0 Å². The first-order valence-electron chi connectivity index (χ1n) is 7.48. The smallest absolute Gasteiger partial charge is 0.208 e. The number of aliphatic hydroxyl groups is 2. The summed E-state index contributed by atoms with van der Waals surface area (Å²) >= 11 is 6.14. The third-order valence-corrected chi connectivity index (χ3v) is 3.90. The largest absolute Gasteiger partial charge is 0.388 e. The first-order valence-corrected chi connectivity index (χ1v) is 7.86. The van der Waals surface area contributed by atoms with E-state index in [1.807, 2.05) is 0 Å². The molecule has 1 fully saturated rings. The minimum absolute atomic E-state index is 0.0496. The number of aliphatic hydroxyl groups excluding tert-OH is 2. The second-order valence-electron chi connectivity index (χ2n) is 5.35. The Bertz CT molecular complexity index is 767. The molecule has 0 amide bonds. The predicted molar refractivity (Wildman–Crippen MR) is 83.7 cm³/mol. The van der Waals surface area contributed by atoms with E-state index < -0.39 is 18.4 Å². The fourth-order valence-electron chi connectivity index (χ4n) is 2.36. The summed E-state index contributed by atoms with van der Waals surface area (Å²) < 4.78 is 6.95. The molecule has 0 bridgehead atoms. The molecule has 0 radical (unpaired) electrons. The summed E-state index contributed by atoms with van der Waals surface area (Å²) in [7, 11) is 0. The number of hydrogen-bond donors (Lipinski definition) is 2. The Morgan fingerprint density at radius 2 is 2.26 bits per heavy atom. The highest BCUT2D eigenvalue weighted by molar-refractivity contribution is 6.33. The van der Waals surface area contributed by atoms with Crippen molar-refractivity contribution in [3.63, 3.8) is 0 Å². The lowest BCUT2D eigenvalue weighted by molar-refractivity contribution is -0.0162. The van der Waals surface area contributed by atoms with Gasteiger partial charge in [0.1, 0.15) is 17.7 Å². The summed E-state index contributed by atoms with van der Waals surface area (Å²) in [5, 5.41) is 19.8. The van der Waals surface area contributed by atoms with Crippen LogP contribution < -0.4 is 0 Å². The van der Waals surface area contributed by atoms with E-state index >= 15 is 0 Å². The minimum atomic E-state index is -1.06. The van der Waals surface area contributed by atoms with Gasteiger partial charge in [0, 0.05) is 6.42 Å². The van der Waals surface area contributed by atoms with Gasteiger partial charge in [-0.15, -0.1) is 0 Å². The van der Waals surface area contributed by atoms with Crippen molar-refractivity contribution in [2.45, 2.75) is 44.6 Å². The van der Waals surface area contributed by atoms with E-state index in [4.69, 9.17) is 16.3 Å². The first kappa shape index (κ1) is 16.1. The fourth-order valence-corrected chi connectivity index (χ4v) is 2.57. The average molecular weight is 337 g/mol. The summed E-state index contributed by atoms with van der Waals surface area (Å²) in [5.74, 6) is 6.20. The highest BCUT2D eigenvalue weighted by Crippen LogP contribution is 2.28. The van der Waals surface area contributed by atoms with E-state index in [0.29, 0.717) is 17.0 Å². The van der Waals surface area contributed by atoms with Crippen LogP contribution in [0.25, 0.3) is 11.2 Å². The number of fused-ring (bicyclic) bond motifs is 1. The Labute approximate surface area is 138 Å². The third kappa shape index (κ3) is 3.16. The summed E-state index contributed by atoms with van der Waals surface area (Å²) in [6, 6.07) is 0. The lowest BCUT2D eigenvalue weighted by Gasteiger charge is -2.16. The SMILES string of the molecule is CCCCC#Cc1nc(Cl)c2ncn([C@@H]3OC[C@@H](O)[C@H]3O)c2n1. The number of rotatable bonds is 3. The van der Waals surface area contributed by atoms with Gasteiger partial charge in [-0.05, 0) is 12.3 Å². The predicted octanol–water partition coefficient (Wildman–Crippen LogP) is 1.27. The van der Waals surface area contributed by atoms with Crippen molar-refractivity contribution in [2.24, 2.45) is 0 Å². The van der Waals surface area contributed by atoms with Crippen molar-refractivity contribution in [3.8, 4) is 11.8 Å². The van der Waals surface area contributed by atoms with Crippen molar-refractivity contribution >= 4 is 22.8 Å². The molecular weight excluding hydrogens is 320 g/mol. The first-order chi connectivity index (χ1) is 11.1. The van der Waals surface area contributed by atoms with Crippen LogP contribution in [0.4, 0.5) is 0 Å². The van der Waals surface area contributed by atoms with Crippen LogP contribution >= 0.6 is 11.6 Å². The zero-order valence-corrected chi connectivity index (χ0v) is 13.4. The molecule has 0 spiro atoms. The Kier molecular flexibility index (Phi) is 4.78. The molecule has 122 valence electrons. The maximum Gasteiger partial charge on any atom is 0.208 e. The van der Waals surface area contributed by atoms with Gasteiger partial charge in [-0.3, -0.25) is 4.57 Å². The molecule has 1 saturated heterocycles. The summed E-state index contributed by atoms with van der Waals surface area (Å²) in [4.78, 5) is 12.6. The summed E-state index contributed by atoms with van der Waals surface area (Å²) in [6.07, 6.45) is 1.56. The zero-order valence-electron chi connectivity index (χ0n) is 12.6. The van der Waals surface area contributed by atoms with Gasteiger partial charge in [0.2, 0.25) is 5.82 Å². The molecule has 0 saturated carbocycles. The van der Waals surface area contributed by atoms with Crippen molar-refractivity contribution < 1.29 is 14.9 Å². The molecule has 3 heterocycles. The fraction of sp³-hybridized carbons (Fsp3) is 0.533. The quantitative estimate of drug-likeness (QED) is 0.498. The molecule has 8 heteroatoms. The van der Waals surface area contributed by atoms with Gasteiger partial charge < -0.3 is 14.9 Å². The monoisotopic (exact) mass is 336 g/mol. The minimum Gasteiger partial charge on any atom is -0.388 e. The van der Waals surface area contributed by atoms with Gasteiger partial charge in [0.05, 0.1) is 12.9 Å². The average Bonchev–Trinajstić information content (AvgIpc) is 3.09. The molecule has 0 aliphatic carbocycles. The topological polar surface area (TPSA) is 93.3 Å². The van der Waals surface area contributed by atoms with Crippen LogP contribution in [-0.4, -0.2) is 48.5 Å². The second kappa shape index (κ2) is 6.81. The van der Waals surface area contributed by atoms with Gasteiger partial charge in [-0.25, -0.2) is 15.0 Å².